The molecule has 0 spiro atoms. The second kappa shape index (κ2) is 9.86. The van der Waals surface area contributed by atoms with Gasteiger partial charge in [-0.25, -0.2) is 0 Å². The van der Waals surface area contributed by atoms with Gasteiger partial charge in [0.2, 0.25) is 11.8 Å². The number of hydrogen-bond acceptors (Lipinski definition) is 5. The average Bonchev–Trinajstić information content (AvgIpc) is 3.13. The summed E-state index contributed by atoms with van der Waals surface area (Å²) >= 11 is 6.21. The van der Waals surface area contributed by atoms with Crippen LogP contribution in [0.25, 0.3) is 0 Å². The lowest BCUT2D eigenvalue weighted by Gasteiger charge is -2.30. The molecule has 1 fully saturated rings. The molecule has 1 unspecified atom stereocenters. The van der Waals surface area contributed by atoms with Crippen LogP contribution in [0.4, 0.5) is 5.69 Å². The van der Waals surface area contributed by atoms with Crippen LogP contribution in [0, 0.1) is 6.92 Å². The van der Waals surface area contributed by atoms with Gasteiger partial charge in [0.05, 0.1) is 6.42 Å². The summed E-state index contributed by atoms with van der Waals surface area (Å²) in [6.07, 6.45) is 3.08. The highest BCUT2D eigenvalue weighted by Gasteiger charge is 2.41. The summed E-state index contributed by atoms with van der Waals surface area (Å²) in [5.74, 6) is -1.44. The molecular weight excluding hydrogens is 492 g/mol. The van der Waals surface area contributed by atoms with Gasteiger partial charge >= 0.3 is 0 Å². The van der Waals surface area contributed by atoms with E-state index in [1.807, 2.05) is 48.2 Å². The fraction of sp³-hybridized carbons (Fsp3) is 0.286. The summed E-state index contributed by atoms with van der Waals surface area (Å²) in [6, 6.07) is 10.5. The monoisotopic (exact) mass is 518 g/mol. The summed E-state index contributed by atoms with van der Waals surface area (Å²) in [7, 11) is 0. The summed E-state index contributed by atoms with van der Waals surface area (Å²) in [4.78, 5) is 53.7. The van der Waals surface area contributed by atoms with Gasteiger partial charge < -0.3 is 15.5 Å². The Kier molecular flexibility index (Phi) is 6.60. The molecule has 2 N–H and O–H groups in total. The van der Waals surface area contributed by atoms with E-state index < -0.39 is 23.8 Å². The van der Waals surface area contributed by atoms with E-state index in [1.54, 1.807) is 0 Å². The predicted octanol–water partition coefficient (Wildman–Crippen LogP) is 3.23. The zero-order chi connectivity index (χ0) is 26.3. The van der Waals surface area contributed by atoms with E-state index in [9.17, 15) is 19.2 Å². The van der Waals surface area contributed by atoms with Crippen molar-refractivity contribution in [3.05, 3.63) is 87.7 Å². The van der Waals surface area contributed by atoms with Crippen LogP contribution in [0.15, 0.2) is 60.4 Å². The summed E-state index contributed by atoms with van der Waals surface area (Å²) < 4.78 is 0. The Morgan fingerprint density at radius 1 is 1.14 bits per heavy atom. The van der Waals surface area contributed by atoms with E-state index in [0.717, 1.165) is 33.6 Å². The highest BCUT2D eigenvalue weighted by Crippen LogP contribution is 2.27. The Hall–Kier alpha value is -3.91. The fourth-order valence-electron chi connectivity index (χ4n) is 4.91. The zero-order valence-electron chi connectivity index (χ0n) is 20.5. The molecule has 0 radical (unpaired) electrons. The van der Waals surface area contributed by atoms with Gasteiger partial charge in [-0.2, -0.15) is 0 Å². The number of allylic oxidation sites excluding steroid dienone is 1. The number of amides is 4. The van der Waals surface area contributed by atoms with E-state index in [-0.39, 0.29) is 18.0 Å². The maximum Gasteiger partial charge on any atom is 0.278 e. The van der Waals surface area contributed by atoms with Crippen LogP contribution in [0.1, 0.15) is 35.1 Å². The van der Waals surface area contributed by atoms with Crippen molar-refractivity contribution in [2.24, 2.45) is 0 Å². The number of nitrogens with zero attached hydrogens (tertiary/aromatic N) is 2. The summed E-state index contributed by atoms with van der Waals surface area (Å²) in [5.41, 5.74) is 5.28. The fourth-order valence-corrected chi connectivity index (χ4v) is 5.12. The minimum Gasteiger partial charge on any atom is -0.351 e. The van der Waals surface area contributed by atoms with Crippen molar-refractivity contribution >= 4 is 40.9 Å². The highest BCUT2D eigenvalue weighted by molar-refractivity contribution is 6.31. The van der Waals surface area contributed by atoms with Gasteiger partial charge in [-0.3, -0.25) is 24.1 Å². The lowest BCUT2D eigenvalue weighted by atomic mass is 9.98. The van der Waals surface area contributed by atoms with Gasteiger partial charge in [0.25, 0.3) is 11.8 Å². The third-order valence-corrected chi connectivity index (χ3v) is 7.44. The first kappa shape index (κ1) is 24.8. The van der Waals surface area contributed by atoms with Crippen LogP contribution in [0.5, 0.6) is 0 Å². The minimum atomic E-state index is -0.854. The van der Waals surface area contributed by atoms with E-state index >= 15 is 0 Å². The number of carbonyl (C=O) groups excluding carboxylic acids is 4. The van der Waals surface area contributed by atoms with Crippen LogP contribution in [0.2, 0.25) is 5.02 Å². The first-order valence-corrected chi connectivity index (χ1v) is 12.6. The average molecular weight is 519 g/mol. The Morgan fingerprint density at radius 3 is 2.70 bits per heavy atom. The number of rotatable bonds is 5. The van der Waals surface area contributed by atoms with Crippen LogP contribution >= 0.6 is 11.6 Å². The Morgan fingerprint density at radius 2 is 1.95 bits per heavy atom. The predicted molar refractivity (Wildman–Crippen MR) is 139 cm³/mol. The number of imide groups is 1. The third kappa shape index (κ3) is 5.02. The number of hydrogen-bond donors (Lipinski definition) is 2. The summed E-state index contributed by atoms with van der Waals surface area (Å²) in [5, 5.41) is 6.30. The third-order valence-electron chi connectivity index (χ3n) is 7.03. The van der Waals surface area contributed by atoms with Crippen molar-refractivity contribution in [3.63, 3.8) is 0 Å². The largest absolute Gasteiger partial charge is 0.351 e. The number of benzene rings is 2. The first-order valence-electron chi connectivity index (χ1n) is 12.2. The molecule has 1 saturated heterocycles. The Balaban J connectivity index is 1.26. The van der Waals surface area contributed by atoms with Crippen LogP contribution in [-0.4, -0.2) is 46.0 Å². The molecule has 3 aliphatic heterocycles. The van der Waals surface area contributed by atoms with E-state index in [1.165, 1.54) is 6.08 Å². The number of fused-ring (bicyclic) bond motifs is 1. The lowest BCUT2D eigenvalue weighted by molar-refractivity contribution is -0.146. The van der Waals surface area contributed by atoms with Gasteiger partial charge in [0, 0.05) is 35.6 Å². The summed E-state index contributed by atoms with van der Waals surface area (Å²) in [6.45, 7) is 6.74. The second-order valence-corrected chi connectivity index (χ2v) is 10.1. The highest BCUT2D eigenvalue weighted by atomic mass is 35.5. The topological polar surface area (TPSA) is 98.8 Å². The molecule has 190 valence electrons. The van der Waals surface area contributed by atoms with E-state index in [2.05, 4.69) is 17.2 Å². The van der Waals surface area contributed by atoms with Gasteiger partial charge in [-0.1, -0.05) is 36.4 Å². The number of piperidine rings is 1. The molecule has 8 nitrogen and oxygen atoms in total. The van der Waals surface area contributed by atoms with Crippen molar-refractivity contribution in [2.45, 2.75) is 45.2 Å². The molecule has 2 aromatic carbocycles. The maximum atomic E-state index is 13.0. The van der Waals surface area contributed by atoms with E-state index in [4.69, 9.17) is 11.6 Å². The van der Waals surface area contributed by atoms with Crippen molar-refractivity contribution in [2.75, 3.05) is 11.9 Å². The Bertz CT molecular complexity index is 1380. The van der Waals surface area contributed by atoms with Gasteiger partial charge in [-0.05, 0) is 66.6 Å². The van der Waals surface area contributed by atoms with E-state index in [0.29, 0.717) is 42.3 Å². The quantitative estimate of drug-likeness (QED) is 0.592. The number of aryl methyl sites for hydroxylation is 1. The Labute approximate surface area is 219 Å². The SMILES string of the molecule is C=C1CCC(N2C(=O)C=C(Nc3ccc4c(c3)CN(C(=O)Cc3ccc(C)c(Cl)c3)CC4)C2=O)C(=O)N1. The molecule has 0 aliphatic carbocycles. The van der Waals surface area contributed by atoms with Crippen molar-refractivity contribution in [3.8, 4) is 0 Å². The molecule has 1 atom stereocenters. The molecule has 37 heavy (non-hydrogen) atoms. The molecule has 9 heteroatoms. The normalized spacial score (nSPS) is 19.5. The van der Waals surface area contributed by atoms with Crippen LogP contribution in [0.3, 0.4) is 0 Å². The molecule has 0 saturated carbocycles. The number of carbonyl (C=O) groups is 4. The number of halogens is 1. The first-order chi connectivity index (χ1) is 17.7. The zero-order valence-corrected chi connectivity index (χ0v) is 21.2. The van der Waals surface area contributed by atoms with Crippen molar-refractivity contribution < 1.29 is 19.2 Å². The molecule has 4 amide bonds. The van der Waals surface area contributed by atoms with Gasteiger partial charge in [0.1, 0.15) is 11.7 Å². The van der Waals surface area contributed by atoms with Gasteiger partial charge in [-0.15, -0.1) is 0 Å². The smallest absolute Gasteiger partial charge is 0.278 e. The van der Waals surface area contributed by atoms with Crippen molar-refractivity contribution in [1.82, 2.24) is 15.1 Å². The molecule has 0 bridgehead atoms. The van der Waals surface area contributed by atoms with Gasteiger partial charge in [0.15, 0.2) is 0 Å². The second-order valence-electron chi connectivity index (χ2n) is 9.65. The maximum absolute atomic E-state index is 13.0. The minimum absolute atomic E-state index is 0.0206. The molecule has 0 aromatic heterocycles. The molecular formula is C28H27ClN4O4. The van der Waals surface area contributed by atoms with Crippen molar-refractivity contribution in [1.29, 1.82) is 0 Å². The van der Waals surface area contributed by atoms with Crippen LogP contribution < -0.4 is 10.6 Å². The van der Waals surface area contributed by atoms with Crippen LogP contribution in [-0.2, 0) is 38.6 Å². The number of anilines is 1. The standard InChI is InChI=1S/C28H27ClN4O4/c1-16-3-5-18(11-22(16)29)12-25(34)32-10-9-19-6-7-21(13-20(19)15-32)31-23-14-26(35)33(28(23)37)24-8-4-17(2)30-27(24)36/h3,5-7,11,13-14,24,31H,2,4,8-10,12,15H2,1H3,(H,30,36). The molecule has 3 heterocycles. The number of nitrogens with one attached hydrogen (secondary N) is 2. The molecule has 2 aromatic rings. The molecule has 3 aliphatic rings. The lowest BCUT2D eigenvalue weighted by Crippen LogP contribution is -2.52. The molecule has 5 rings (SSSR count).